The van der Waals surface area contributed by atoms with Crippen molar-refractivity contribution in [3.8, 4) is 11.5 Å². The minimum absolute atomic E-state index is 0.00464. The second kappa shape index (κ2) is 7.31. The minimum Gasteiger partial charge on any atom is -0.464 e. The maximum absolute atomic E-state index is 12.1. The molecule has 0 aliphatic carbocycles. The van der Waals surface area contributed by atoms with Crippen molar-refractivity contribution < 1.29 is 18.7 Å². The zero-order valence-corrected chi connectivity index (χ0v) is 13.4. The molecule has 0 saturated heterocycles. The number of hydrogen-bond donors (Lipinski definition) is 2. The number of ether oxygens (including phenoxy) is 1. The maximum Gasteiger partial charge on any atom is 0.362 e. The van der Waals surface area contributed by atoms with Crippen molar-refractivity contribution in [2.75, 3.05) is 12.5 Å². The van der Waals surface area contributed by atoms with Crippen LogP contribution in [0.4, 0.5) is 5.88 Å². The van der Waals surface area contributed by atoms with Gasteiger partial charge in [0.05, 0.1) is 7.11 Å². The van der Waals surface area contributed by atoms with Crippen molar-refractivity contribution in [3.05, 3.63) is 71.9 Å². The number of nitrogens with one attached hydrogen (secondary N) is 2. The van der Waals surface area contributed by atoms with Crippen molar-refractivity contribution in [2.24, 2.45) is 0 Å². The molecule has 0 fully saturated rings. The van der Waals surface area contributed by atoms with Gasteiger partial charge in [-0.05, 0) is 24.3 Å². The van der Waals surface area contributed by atoms with Crippen LogP contribution in [-0.2, 0) is 4.74 Å². The van der Waals surface area contributed by atoms with Crippen molar-refractivity contribution in [1.29, 1.82) is 0 Å². The molecule has 25 heavy (non-hydrogen) atoms. The van der Waals surface area contributed by atoms with Gasteiger partial charge in [-0.2, -0.15) is 4.98 Å². The van der Waals surface area contributed by atoms with Crippen LogP contribution in [0.5, 0.6) is 0 Å². The topological polar surface area (TPSA) is 93.5 Å². The van der Waals surface area contributed by atoms with Crippen LogP contribution in [0.3, 0.4) is 0 Å². The van der Waals surface area contributed by atoms with Crippen LogP contribution in [0, 0.1) is 0 Å². The first kappa shape index (κ1) is 16.3. The van der Waals surface area contributed by atoms with Crippen molar-refractivity contribution in [1.82, 2.24) is 10.4 Å². The molecule has 7 nitrogen and oxygen atoms in total. The average Bonchev–Trinajstić information content (AvgIpc) is 3.11. The number of hydrazine groups is 1. The van der Waals surface area contributed by atoms with Crippen molar-refractivity contribution >= 4 is 17.8 Å². The highest BCUT2D eigenvalue weighted by Gasteiger charge is 2.22. The molecule has 0 aliphatic heterocycles. The average molecular weight is 337 g/mol. The van der Waals surface area contributed by atoms with E-state index in [2.05, 4.69) is 15.8 Å². The highest BCUT2D eigenvalue weighted by molar-refractivity contribution is 5.96. The lowest BCUT2D eigenvalue weighted by Crippen LogP contribution is -2.29. The molecule has 0 atom stereocenters. The molecule has 2 N–H and O–H groups in total. The molecule has 3 rings (SSSR count). The number of hydrogen-bond acceptors (Lipinski definition) is 6. The minimum atomic E-state index is -0.678. The summed E-state index contributed by atoms with van der Waals surface area (Å²) in [6, 6.07) is 17.7. The van der Waals surface area contributed by atoms with Crippen molar-refractivity contribution in [3.63, 3.8) is 0 Å². The lowest BCUT2D eigenvalue weighted by atomic mass is 10.2. The number of carbonyl (C=O) groups excluding carboxylic acids is 2. The normalized spacial score (nSPS) is 10.1. The first-order valence-corrected chi connectivity index (χ1v) is 7.45. The third-order valence-corrected chi connectivity index (χ3v) is 3.35. The number of amides is 1. The van der Waals surface area contributed by atoms with E-state index < -0.39 is 5.97 Å². The molecule has 1 amide bonds. The third kappa shape index (κ3) is 3.66. The fourth-order valence-electron chi connectivity index (χ4n) is 2.12. The Morgan fingerprint density at radius 2 is 1.64 bits per heavy atom. The summed E-state index contributed by atoms with van der Waals surface area (Å²) in [5.41, 5.74) is 6.14. The summed E-state index contributed by atoms with van der Waals surface area (Å²) < 4.78 is 10.3. The zero-order valence-electron chi connectivity index (χ0n) is 13.4. The molecule has 3 aromatic rings. The van der Waals surface area contributed by atoms with Crippen LogP contribution >= 0.6 is 0 Å². The number of anilines is 1. The molecule has 0 bridgehead atoms. The third-order valence-electron chi connectivity index (χ3n) is 3.35. The van der Waals surface area contributed by atoms with Gasteiger partial charge in [-0.15, -0.1) is 0 Å². The molecule has 1 heterocycles. The fourth-order valence-corrected chi connectivity index (χ4v) is 2.12. The van der Waals surface area contributed by atoms with Gasteiger partial charge >= 0.3 is 5.97 Å². The molecule has 126 valence electrons. The SMILES string of the molecule is COC(=O)c1nc(-c2ccccc2)oc1NNC(=O)c1ccccc1. The Kier molecular flexibility index (Phi) is 4.75. The summed E-state index contributed by atoms with van der Waals surface area (Å²) in [5.74, 6) is -0.830. The summed E-state index contributed by atoms with van der Waals surface area (Å²) in [7, 11) is 1.24. The largest absolute Gasteiger partial charge is 0.464 e. The first-order valence-electron chi connectivity index (χ1n) is 7.45. The maximum atomic E-state index is 12.1. The predicted octanol–water partition coefficient (Wildman–Crippen LogP) is 2.89. The molecular weight excluding hydrogens is 322 g/mol. The van der Waals surface area contributed by atoms with Gasteiger partial charge in [0.25, 0.3) is 5.91 Å². The van der Waals surface area contributed by atoms with Crippen molar-refractivity contribution in [2.45, 2.75) is 0 Å². The van der Waals surface area contributed by atoms with Gasteiger partial charge in [-0.1, -0.05) is 36.4 Å². The smallest absolute Gasteiger partial charge is 0.362 e. The summed E-state index contributed by atoms with van der Waals surface area (Å²) in [4.78, 5) is 28.1. The number of oxazole rings is 1. The summed E-state index contributed by atoms with van der Waals surface area (Å²) in [5, 5.41) is 0. The molecule has 1 aromatic heterocycles. The second-order valence-electron chi connectivity index (χ2n) is 5.00. The Morgan fingerprint density at radius 1 is 1.00 bits per heavy atom. The number of rotatable bonds is 5. The number of benzene rings is 2. The Bertz CT molecular complexity index is 876. The van der Waals surface area contributed by atoms with Gasteiger partial charge in [-0.3, -0.25) is 15.6 Å². The zero-order chi connectivity index (χ0) is 17.6. The highest BCUT2D eigenvalue weighted by atomic mass is 16.5. The molecule has 0 unspecified atom stereocenters. The van der Waals surface area contributed by atoms with Gasteiger partial charge in [0, 0.05) is 11.1 Å². The number of nitrogens with zero attached hydrogens (tertiary/aromatic N) is 1. The van der Waals surface area contributed by atoms with Gasteiger partial charge in [0.1, 0.15) is 0 Å². The number of esters is 1. The quantitative estimate of drug-likeness (QED) is 0.549. The molecule has 0 saturated carbocycles. The van der Waals surface area contributed by atoms with Crippen LogP contribution in [0.15, 0.2) is 65.1 Å². The van der Waals surface area contributed by atoms with Crippen LogP contribution < -0.4 is 10.9 Å². The molecular formula is C18H15N3O4. The number of aromatic nitrogens is 1. The van der Waals surface area contributed by atoms with E-state index in [9.17, 15) is 9.59 Å². The Labute approximate surface area is 143 Å². The monoisotopic (exact) mass is 337 g/mol. The molecule has 0 radical (unpaired) electrons. The highest BCUT2D eigenvalue weighted by Crippen LogP contribution is 2.25. The first-order chi connectivity index (χ1) is 12.2. The van der Waals surface area contributed by atoms with E-state index >= 15 is 0 Å². The lowest BCUT2D eigenvalue weighted by Gasteiger charge is -2.06. The van der Waals surface area contributed by atoms with Gasteiger partial charge in [-0.25, -0.2) is 4.79 Å². The Hall–Kier alpha value is -3.61. The second-order valence-corrected chi connectivity index (χ2v) is 5.00. The van der Waals surface area contributed by atoms with Crippen LogP contribution in [0.25, 0.3) is 11.5 Å². The van der Waals surface area contributed by atoms with Gasteiger partial charge < -0.3 is 9.15 Å². The Balaban J connectivity index is 1.83. The van der Waals surface area contributed by atoms with E-state index in [1.807, 2.05) is 24.3 Å². The molecule has 2 aromatic carbocycles. The van der Waals surface area contributed by atoms with Crippen LogP contribution in [0.1, 0.15) is 20.8 Å². The molecule has 0 aliphatic rings. The number of carbonyl (C=O) groups is 2. The summed E-state index contributed by atoms with van der Waals surface area (Å²) >= 11 is 0. The fraction of sp³-hybridized carbons (Fsp3) is 0.0556. The summed E-state index contributed by atoms with van der Waals surface area (Å²) in [6.07, 6.45) is 0. The van der Waals surface area contributed by atoms with E-state index in [1.165, 1.54) is 7.11 Å². The van der Waals surface area contributed by atoms with E-state index in [1.54, 1.807) is 36.4 Å². The van der Waals surface area contributed by atoms with E-state index in [0.717, 1.165) is 0 Å². The van der Waals surface area contributed by atoms with Crippen LogP contribution in [0.2, 0.25) is 0 Å². The van der Waals surface area contributed by atoms with Crippen LogP contribution in [-0.4, -0.2) is 24.0 Å². The van der Waals surface area contributed by atoms with E-state index in [-0.39, 0.29) is 23.4 Å². The predicted molar refractivity (Wildman–Crippen MR) is 90.8 cm³/mol. The standard InChI is InChI=1S/C18H15N3O4/c1-24-18(23)14-17(21-20-15(22)12-8-4-2-5-9-12)25-16(19-14)13-10-6-3-7-11-13/h2-11,21H,1H3,(H,20,22). The number of methoxy groups -OCH3 is 1. The Morgan fingerprint density at radius 3 is 2.28 bits per heavy atom. The van der Waals surface area contributed by atoms with Gasteiger partial charge in [0.15, 0.2) is 0 Å². The summed E-state index contributed by atoms with van der Waals surface area (Å²) in [6.45, 7) is 0. The molecule has 7 heteroatoms. The lowest BCUT2D eigenvalue weighted by molar-refractivity contribution is 0.0595. The van der Waals surface area contributed by atoms with E-state index in [0.29, 0.717) is 11.1 Å². The molecule has 0 spiro atoms. The van der Waals surface area contributed by atoms with Gasteiger partial charge in [0.2, 0.25) is 17.5 Å². The van der Waals surface area contributed by atoms with E-state index in [4.69, 9.17) is 9.15 Å².